The van der Waals surface area contributed by atoms with E-state index < -0.39 is 23.8 Å². The summed E-state index contributed by atoms with van der Waals surface area (Å²) in [6.07, 6.45) is 0. The Morgan fingerprint density at radius 3 is 1.57 bits per heavy atom. The monoisotopic (exact) mass is 388 g/mol. The quantitative estimate of drug-likeness (QED) is 0.356. The molecule has 150 valence electrons. The van der Waals surface area contributed by atoms with Gasteiger partial charge in [-0.05, 0) is 32.0 Å². The van der Waals surface area contributed by atoms with E-state index in [1.807, 2.05) is 0 Å². The van der Waals surface area contributed by atoms with Gasteiger partial charge in [0.1, 0.15) is 13.2 Å². The first-order valence-corrected chi connectivity index (χ1v) is 8.54. The van der Waals surface area contributed by atoms with E-state index in [2.05, 4.69) is 23.8 Å². The van der Waals surface area contributed by atoms with Crippen LogP contribution >= 0.6 is 0 Å². The maximum Gasteiger partial charge on any atom is 0.333 e. The third-order valence-electron chi connectivity index (χ3n) is 3.33. The molecule has 8 nitrogen and oxygen atoms in total. The molecule has 1 aromatic rings. The van der Waals surface area contributed by atoms with Gasteiger partial charge >= 0.3 is 11.9 Å². The lowest BCUT2D eigenvalue weighted by Crippen LogP contribution is -2.30. The van der Waals surface area contributed by atoms with Crippen molar-refractivity contribution < 1.29 is 28.7 Å². The summed E-state index contributed by atoms with van der Waals surface area (Å²) in [5, 5.41) is 5.18. The zero-order valence-corrected chi connectivity index (χ0v) is 16.0. The van der Waals surface area contributed by atoms with Crippen LogP contribution in [-0.2, 0) is 19.1 Å². The van der Waals surface area contributed by atoms with Crippen LogP contribution in [0.25, 0.3) is 0 Å². The Kier molecular flexibility index (Phi) is 9.15. The smallest absolute Gasteiger partial charge is 0.333 e. The van der Waals surface area contributed by atoms with Crippen molar-refractivity contribution in [2.45, 2.75) is 13.8 Å². The number of hydrogen-bond acceptors (Lipinski definition) is 6. The van der Waals surface area contributed by atoms with E-state index in [-0.39, 0.29) is 48.6 Å². The summed E-state index contributed by atoms with van der Waals surface area (Å²) in [7, 11) is 0. The Morgan fingerprint density at radius 2 is 1.21 bits per heavy atom. The summed E-state index contributed by atoms with van der Waals surface area (Å²) in [4.78, 5) is 46.8. The summed E-state index contributed by atoms with van der Waals surface area (Å²) in [5.41, 5.74) is 1.12. The Bertz CT molecular complexity index is 723. The lowest BCUT2D eigenvalue weighted by Gasteiger charge is -2.09. The topological polar surface area (TPSA) is 111 Å². The average Bonchev–Trinajstić information content (AvgIpc) is 2.67. The van der Waals surface area contributed by atoms with Gasteiger partial charge in [-0.25, -0.2) is 9.59 Å². The average molecular weight is 388 g/mol. The highest BCUT2D eigenvalue weighted by Crippen LogP contribution is 2.05. The molecule has 0 saturated carbocycles. The number of carbonyl (C=O) groups is 4. The molecule has 0 aliphatic carbocycles. The zero-order chi connectivity index (χ0) is 21.1. The van der Waals surface area contributed by atoms with Gasteiger partial charge in [0.15, 0.2) is 0 Å². The molecule has 0 radical (unpaired) electrons. The minimum Gasteiger partial charge on any atom is -0.460 e. The third-order valence-corrected chi connectivity index (χ3v) is 3.33. The van der Waals surface area contributed by atoms with Crippen molar-refractivity contribution in [2.24, 2.45) is 0 Å². The molecule has 1 aromatic carbocycles. The molecule has 0 bridgehead atoms. The zero-order valence-electron chi connectivity index (χ0n) is 16.0. The Morgan fingerprint density at radius 1 is 0.821 bits per heavy atom. The highest BCUT2D eigenvalue weighted by molar-refractivity contribution is 5.99. The molecule has 0 atom stereocenters. The highest BCUT2D eigenvalue weighted by Gasteiger charge is 2.11. The van der Waals surface area contributed by atoms with Gasteiger partial charge in [0.05, 0.1) is 13.1 Å². The van der Waals surface area contributed by atoms with Crippen molar-refractivity contribution in [3.05, 3.63) is 59.7 Å². The maximum absolute atomic E-state index is 12.1. The number of ether oxygens (including phenoxy) is 2. The fourth-order valence-electron chi connectivity index (χ4n) is 1.87. The van der Waals surface area contributed by atoms with Crippen LogP contribution in [0.2, 0.25) is 0 Å². The summed E-state index contributed by atoms with van der Waals surface area (Å²) < 4.78 is 9.76. The van der Waals surface area contributed by atoms with Crippen molar-refractivity contribution in [1.29, 1.82) is 0 Å². The van der Waals surface area contributed by atoms with Crippen LogP contribution in [0.4, 0.5) is 0 Å². The molecule has 0 saturated heterocycles. The van der Waals surface area contributed by atoms with Crippen molar-refractivity contribution in [3.8, 4) is 0 Å². The molecular formula is C20H24N2O6. The molecule has 0 aliphatic heterocycles. The normalized spacial score (nSPS) is 9.79. The van der Waals surface area contributed by atoms with E-state index in [0.29, 0.717) is 0 Å². The van der Waals surface area contributed by atoms with Crippen LogP contribution in [0, 0.1) is 0 Å². The third kappa shape index (κ3) is 7.86. The van der Waals surface area contributed by atoms with E-state index in [4.69, 9.17) is 9.47 Å². The Hall–Kier alpha value is -3.42. The predicted octanol–water partition coefficient (Wildman–Crippen LogP) is 1.38. The fourth-order valence-corrected chi connectivity index (χ4v) is 1.87. The maximum atomic E-state index is 12.1. The summed E-state index contributed by atoms with van der Waals surface area (Å²) >= 11 is 0. The molecule has 0 aliphatic rings. The molecule has 0 fully saturated rings. The number of esters is 2. The van der Waals surface area contributed by atoms with Crippen LogP contribution in [-0.4, -0.2) is 50.1 Å². The second kappa shape index (κ2) is 11.3. The van der Waals surface area contributed by atoms with Crippen molar-refractivity contribution in [2.75, 3.05) is 26.3 Å². The summed E-state index contributed by atoms with van der Waals surface area (Å²) in [6.45, 7) is 10.3. The lowest BCUT2D eigenvalue weighted by atomic mass is 10.1. The minimum absolute atomic E-state index is 0.0144. The molecule has 0 heterocycles. The SMILES string of the molecule is C=C(C)C(=O)OCCNC(=O)c1cccc(C(=O)NCCOC(=O)C(=C)C)c1. The van der Waals surface area contributed by atoms with Crippen LogP contribution in [0.1, 0.15) is 34.6 Å². The molecule has 0 aromatic heterocycles. The molecule has 8 heteroatoms. The second-order valence-electron chi connectivity index (χ2n) is 5.93. The van der Waals surface area contributed by atoms with Crippen molar-refractivity contribution in [1.82, 2.24) is 10.6 Å². The Balaban J connectivity index is 2.47. The largest absolute Gasteiger partial charge is 0.460 e. The van der Waals surface area contributed by atoms with E-state index in [1.165, 1.54) is 19.9 Å². The number of nitrogens with one attached hydrogen (secondary N) is 2. The van der Waals surface area contributed by atoms with E-state index in [9.17, 15) is 19.2 Å². The van der Waals surface area contributed by atoms with Crippen LogP contribution < -0.4 is 10.6 Å². The van der Waals surface area contributed by atoms with Gasteiger partial charge < -0.3 is 20.1 Å². The number of hydrogen-bond donors (Lipinski definition) is 2. The van der Waals surface area contributed by atoms with Gasteiger partial charge in [-0.2, -0.15) is 0 Å². The van der Waals surface area contributed by atoms with Gasteiger partial charge in [0, 0.05) is 22.3 Å². The first-order chi connectivity index (χ1) is 13.2. The summed E-state index contributed by atoms with van der Waals surface area (Å²) in [5.74, 6) is -1.86. The first-order valence-electron chi connectivity index (χ1n) is 8.54. The van der Waals surface area contributed by atoms with E-state index >= 15 is 0 Å². The van der Waals surface area contributed by atoms with Gasteiger partial charge in [-0.15, -0.1) is 0 Å². The minimum atomic E-state index is -0.526. The number of rotatable bonds is 10. The molecule has 1 rings (SSSR count). The molecule has 28 heavy (non-hydrogen) atoms. The van der Waals surface area contributed by atoms with Crippen LogP contribution in [0.15, 0.2) is 48.6 Å². The second-order valence-corrected chi connectivity index (χ2v) is 5.93. The van der Waals surface area contributed by atoms with Gasteiger partial charge in [-0.1, -0.05) is 19.2 Å². The van der Waals surface area contributed by atoms with Crippen LogP contribution in [0.3, 0.4) is 0 Å². The molecular weight excluding hydrogens is 364 g/mol. The van der Waals surface area contributed by atoms with Gasteiger partial charge in [-0.3, -0.25) is 9.59 Å². The number of benzene rings is 1. The summed E-state index contributed by atoms with van der Waals surface area (Å²) in [6, 6.07) is 6.12. The van der Waals surface area contributed by atoms with Gasteiger partial charge in [0.2, 0.25) is 0 Å². The standard InChI is InChI=1S/C20H24N2O6/c1-13(2)19(25)27-10-8-21-17(23)15-6-5-7-16(12-15)18(24)22-9-11-28-20(26)14(3)4/h5-7,12H,1,3,8-11H2,2,4H3,(H,21,23)(H,22,24). The molecule has 0 spiro atoms. The fraction of sp³-hybridized carbons (Fsp3) is 0.300. The van der Waals surface area contributed by atoms with Crippen molar-refractivity contribution in [3.63, 3.8) is 0 Å². The molecule has 2 amide bonds. The van der Waals surface area contributed by atoms with Crippen LogP contribution in [0.5, 0.6) is 0 Å². The van der Waals surface area contributed by atoms with Gasteiger partial charge in [0.25, 0.3) is 11.8 Å². The number of carbonyl (C=O) groups excluding carboxylic acids is 4. The predicted molar refractivity (Wildman–Crippen MR) is 103 cm³/mol. The molecule has 2 N–H and O–H groups in total. The van der Waals surface area contributed by atoms with Crippen molar-refractivity contribution >= 4 is 23.8 Å². The highest BCUT2D eigenvalue weighted by atomic mass is 16.5. The first kappa shape index (κ1) is 22.6. The molecule has 0 unspecified atom stereocenters. The van der Waals surface area contributed by atoms with E-state index in [1.54, 1.807) is 18.2 Å². The Labute approximate surface area is 163 Å². The lowest BCUT2D eigenvalue weighted by molar-refractivity contribution is -0.139. The number of amides is 2. The van der Waals surface area contributed by atoms with E-state index in [0.717, 1.165) is 0 Å².